The van der Waals surface area contributed by atoms with Crippen LogP contribution in [0.15, 0.2) is 72.8 Å². The molecule has 0 aliphatic carbocycles. The fourth-order valence-electron chi connectivity index (χ4n) is 3.35. The van der Waals surface area contributed by atoms with Crippen molar-refractivity contribution in [2.24, 2.45) is 0 Å². The molecule has 4 rings (SSSR count). The predicted octanol–water partition coefficient (Wildman–Crippen LogP) is 3.04. The lowest BCUT2D eigenvalue weighted by Crippen LogP contribution is -2.46. The first-order valence-electron chi connectivity index (χ1n) is 9.04. The van der Waals surface area contributed by atoms with Gasteiger partial charge in [0.1, 0.15) is 5.82 Å². The molecule has 1 amide bonds. The number of carbonyl (C=O) groups excluding carboxylic acids is 2. The first-order chi connectivity index (χ1) is 14.1. The average molecular weight is 389 g/mol. The second-order valence-corrected chi connectivity index (χ2v) is 6.51. The quantitative estimate of drug-likeness (QED) is 0.689. The number of aromatic nitrogens is 1. The SMILES string of the molecule is COC(=O)C(c1ccccc1)N1C(=O)C(c2ccccc2)Oc2ccc(N)nc21. The number of rotatable bonds is 4. The highest BCUT2D eigenvalue weighted by molar-refractivity contribution is 6.04. The highest BCUT2D eigenvalue weighted by Gasteiger charge is 2.44. The van der Waals surface area contributed by atoms with Gasteiger partial charge < -0.3 is 15.2 Å². The zero-order chi connectivity index (χ0) is 20.4. The van der Waals surface area contributed by atoms with Gasteiger partial charge in [0.15, 0.2) is 17.6 Å². The zero-order valence-corrected chi connectivity index (χ0v) is 15.7. The van der Waals surface area contributed by atoms with E-state index < -0.39 is 24.0 Å². The Hall–Kier alpha value is -3.87. The third kappa shape index (κ3) is 3.38. The summed E-state index contributed by atoms with van der Waals surface area (Å²) in [5, 5.41) is 0. The number of amides is 1. The minimum Gasteiger partial charge on any atom is -0.472 e. The molecule has 2 unspecified atom stereocenters. The Bertz CT molecular complexity index is 1040. The smallest absolute Gasteiger partial charge is 0.333 e. The molecule has 2 atom stereocenters. The monoisotopic (exact) mass is 389 g/mol. The highest BCUT2D eigenvalue weighted by Crippen LogP contribution is 2.42. The van der Waals surface area contributed by atoms with Gasteiger partial charge in [0.2, 0.25) is 6.10 Å². The van der Waals surface area contributed by atoms with Gasteiger partial charge >= 0.3 is 5.97 Å². The van der Waals surface area contributed by atoms with Crippen molar-refractivity contribution in [1.82, 2.24) is 4.98 Å². The number of hydrogen-bond acceptors (Lipinski definition) is 6. The number of methoxy groups -OCH3 is 1. The maximum Gasteiger partial charge on any atom is 0.333 e. The summed E-state index contributed by atoms with van der Waals surface area (Å²) >= 11 is 0. The van der Waals surface area contributed by atoms with Crippen molar-refractivity contribution in [1.29, 1.82) is 0 Å². The molecule has 7 nitrogen and oxygen atoms in total. The van der Waals surface area contributed by atoms with Gasteiger partial charge in [0, 0.05) is 5.56 Å². The molecule has 1 aromatic heterocycles. The van der Waals surface area contributed by atoms with Crippen LogP contribution in [0.2, 0.25) is 0 Å². The van der Waals surface area contributed by atoms with E-state index in [9.17, 15) is 9.59 Å². The van der Waals surface area contributed by atoms with Crippen molar-refractivity contribution in [3.05, 3.63) is 83.9 Å². The average Bonchev–Trinajstić information content (AvgIpc) is 2.76. The van der Waals surface area contributed by atoms with Crippen LogP contribution in [0.25, 0.3) is 0 Å². The molecule has 0 radical (unpaired) electrons. The first kappa shape index (κ1) is 18.5. The number of ether oxygens (including phenoxy) is 2. The highest BCUT2D eigenvalue weighted by atomic mass is 16.5. The number of esters is 1. The Morgan fingerprint density at radius 2 is 1.72 bits per heavy atom. The van der Waals surface area contributed by atoms with E-state index in [1.165, 1.54) is 12.0 Å². The molecule has 0 saturated carbocycles. The molecular formula is C22H19N3O4. The van der Waals surface area contributed by atoms with Crippen LogP contribution in [0.5, 0.6) is 5.75 Å². The Kier molecular flexibility index (Phi) is 4.87. The van der Waals surface area contributed by atoms with Gasteiger partial charge in [-0.3, -0.25) is 9.69 Å². The lowest BCUT2D eigenvalue weighted by molar-refractivity contribution is -0.144. The van der Waals surface area contributed by atoms with Crippen LogP contribution in [0, 0.1) is 0 Å². The number of carbonyl (C=O) groups is 2. The van der Waals surface area contributed by atoms with Crippen molar-refractivity contribution >= 4 is 23.5 Å². The summed E-state index contributed by atoms with van der Waals surface area (Å²) in [5.41, 5.74) is 7.12. The molecule has 0 spiro atoms. The molecule has 7 heteroatoms. The topological polar surface area (TPSA) is 94.8 Å². The molecule has 29 heavy (non-hydrogen) atoms. The molecular weight excluding hydrogens is 370 g/mol. The van der Waals surface area contributed by atoms with Crippen LogP contribution in [0.4, 0.5) is 11.6 Å². The fraction of sp³-hybridized carbons (Fsp3) is 0.136. The van der Waals surface area contributed by atoms with Gasteiger partial charge in [-0.25, -0.2) is 9.78 Å². The minimum absolute atomic E-state index is 0.182. The second kappa shape index (κ2) is 7.63. The zero-order valence-electron chi connectivity index (χ0n) is 15.7. The summed E-state index contributed by atoms with van der Waals surface area (Å²) in [5.74, 6) is -0.270. The molecule has 146 valence electrons. The fourth-order valence-corrected chi connectivity index (χ4v) is 3.35. The van der Waals surface area contributed by atoms with E-state index in [1.807, 2.05) is 24.3 Å². The van der Waals surface area contributed by atoms with Crippen molar-refractivity contribution in [2.75, 3.05) is 17.7 Å². The summed E-state index contributed by atoms with van der Waals surface area (Å²) in [4.78, 5) is 31.9. The van der Waals surface area contributed by atoms with Crippen LogP contribution in [0.3, 0.4) is 0 Å². The van der Waals surface area contributed by atoms with E-state index in [-0.39, 0.29) is 11.6 Å². The molecule has 0 fully saturated rings. The first-order valence-corrected chi connectivity index (χ1v) is 9.04. The van der Waals surface area contributed by atoms with E-state index in [1.54, 1.807) is 48.5 Å². The maximum absolute atomic E-state index is 13.5. The molecule has 2 N–H and O–H groups in total. The van der Waals surface area contributed by atoms with E-state index >= 15 is 0 Å². The van der Waals surface area contributed by atoms with Gasteiger partial charge in [-0.2, -0.15) is 0 Å². The molecule has 1 aliphatic heterocycles. The number of nitrogens with zero attached hydrogens (tertiary/aromatic N) is 2. The predicted molar refractivity (Wildman–Crippen MR) is 107 cm³/mol. The van der Waals surface area contributed by atoms with Gasteiger partial charge in [-0.05, 0) is 17.7 Å². The third-order valence-electron chi connectivity index (χ3n) is 4.70. The summed E-state index contributed by atoms with van der Waals surface area (Å²) < 4.78 is 11.0. The maximum atomic E-state index is 13.5. The van der Waals surface area contributed by atoms with Crippen LogP contribution in [0.1, 0.15) is 23.3 Å². The molecule has 1 aliphatic rings. The van der Waals surface area contributed by atoms with Gasteiger partial charge in [-0.15, -0.1) is 0 Å². The van der Waals surface area contributed by atoms with Gasteiger partial charge in [-0.1, -0.05) is 60.7 Å². The Balaban J connectivity index is 1.89. The van der Waals surface area contributed by atoms with E-state index in [4.69, 9.17) is 15.2 Å². The lowest BCUT2D eigenvalue weighted by Gasteiger charge is -2.37. The second-order valence-electron chi connectivity index (χ2n) is 6.51. The summed E-state index contributed by atoms with van der Waals surface area (Å²) in [6.07, 6.45) is -0.926. The molecule has 0 saturated heterocycles. The van der Waals surface area contributed by atoms with E-state index in [0.717, 1.165) is 0 Å². The molecule has 3 aromatic rings. The Morgan fingerprint density at radius 3 is 2.38 bits per heavy atom. The lowest BCUT2D eigenvalue weighted by atomic mass is 10.0. The number of anilines is 2. The van der Waals surface area contributed by atoms with E-state index in [2.05, 4.69) is 4.98 Å². The van der Waals surface area contributed by atoms with Crippen LogP contribution >= 0.6 is 0 Å². The third-order valence-corrected chi connectivity index (χ3v) is 4.70. The summed E-state index contributed by atoms with van der Waals surface area (Å²) in [6, 6.07) is 20.2. The number of fused-ring (bicyclic) bond motifs is 1. The Labute approximate surface area is 167 Å². The van der Waals surface area contributed by atoms with E-state index in [0.29, 0.717) is 16.9 Å². The standard InChI is InChI=1S/C22H19N3O4/c1-28-22(27)18(14-8-4-2-5-9-14)25-20-16(12-13-17(23)24-20)29-19(21(25)26)15-10-6-3-7-11-15/h2-13,18-19H,1H3,(H2,23,24). The van der Waals surface area contributed by atoms with Crippen LogP contribution in [-0.2, 0) is 14.3 Å². The van der Waals surface area contributed by atoms with Crippen molar-refractivity contribution < 1.29 is 19.1 Å². The number of pyridine rings is 1. The number of nitrogens with two attached hydrogens (primary N) is 1. The number of nitrogen functional groups attached to an aromatic ring is 1. The van der Waals surface area contributed by atoms with Crippen LogP contribution < -0.4 is 15.4 Å². The van der Waals surface area contributed by atoms with Crippen molar-refractivity contribution in [2.45, 2.75) is 12.1 Å². The van der Waals surface area contributed by atoms with Crippen molar-refractivity contribution in [3.8, 4) is 5.75 Å². The number of hydrogen-bond donors (Lipinski definition) is 1. The molecule has 2 aromatic carbocycles. The number of benzene rings is 2. The summed E-state index contributed by atoms with van der Waals surface area (Å²) in [7, 11) is 1.28. The molecule has 0 bridgehead atoms. The summed E-state index contributed by atoms with van der Waals surface area (Å²) in [6.45, 7) is 0. The largest absolute Gasteiger partial charge is 0.472 e. The van der Waals surface area contributed by atoms with Gasteiger partial charge in [0.25, 0.3) is 5.91 Å². The van der Waals surface area contributed by atoms with Crippen LogP contribution in [-0.4, -0.2) is 24.0 Å². The Morgan fingerprint density at radius 1 is 1.07 bits per heavy atom. The minimum atomic E-state index is -1.03. The molecule has 2 heterocycles. The van der Waals surface area contributed by atoms with Crippen molar-refractivity contribution in [3.63, 3.8) is 0 Å². The van der Waals surface area contributed by atoms with Gasteiger partial charge in [0.05, 0.1) is 7.11 Å². The normalized spacial score (nSPS) is 16.5.